The molecule has 0 radical (unpaired) electrons. The topological polar surface area (TPSA) is 56.4 Å². The van der Waals surface area contributed by atoms with Gasteiger partial charge in [0.15, 0.2) is 0 Å². The fourth-order valence-electron chi connectivity index (χ4n) is 2.58. The van der Waals surface area contributed by atoms with E-state index >= 15 is 0 Å². The number of nitrogens with one attached hydrogen (secondary N) is 1. The minimum Gasteiger partial charge on any atom is -0.357 e. The van der Waals surface area contributed by atoms with Crippen molar-refractivity contribution >= 4 is 23.4 Å². The van der Waals surface area contributed by atoms with E-state index in [1.165, 1.54) is 23.1 Å². The average molecular weight is 336 g/mol. The molecule has 120 valence electrons. The molecule has 3 rings (SSSR count). The Morgan fingerprint density at radius 2 is 1.70 bits per heavy atom. The molecule has 7 heteroatoms. The van der Waals surface area contributed by atoms with Crippen molar-refractivity contribution in [3.63, 3.8) is 0 Å². The Hall–Kier alpha value is -2.34. The minimum atomic E-state index is -0.593. The molecule has 0 aliphatic carbocycles. The van der Waals surface area contributed by atoms with Gasteiger partial charge in [-0.05, 0) is 30.3 Å². The van der Waals surface area contributed by atoms with E-state index in [1.54, 1.807) is 23.2 Å². The van der Waals surface area contributed by atoms with Crippen molar-refractivity contribution in [3.05, 3.63) is 58.6 Å². The molecule has 2 heterocycles. The number of H-pyrrole nitrogens is 1. The van der Waals surface area contributed by atoms with Crippen LogP contribution in [0.15, 0.2) is 36.5 Å². The Balaban J connectivity index is 1.66. The third kappa shape index (κ3) is 3.22. The monoisotopic (exact) mass is 335 g/mol. The lowest BCUT2D eigenvalue weighted by Gasteiger charge is -2.34. The summed E-state index contributed by atoms with van der Waals surface area (Å²) in [4.78, 5) is 30.7. The second kappa shape index (κ2) is 6.42. The highest BCUT2D eigenvalue weighted by molar-refractivity contribution is 6.31. The average Bonchev–Trinajstić information content (AvgIpc) is 3.10. The normalized spacial score (nSPS) is 14.9. The number of benzene rings is 1. The molecule has 1 aromatic heterocycles. The summed E-state index contributed by atoms with van der Waals surface area (Å²) in [6.07, 6.45) is 1.69. The molecule has 0 saturated carbocycles. The Morgan fingerprint density at radius 1 is 1.04 bits per heavy atom. The highest BCUT2D eigenvalue weighted by atomic mass is 35.5. The van der Waals surface area contributed by atoms with E-state index in [4.69, 9.17) is 11.6 Å². The fourth-order valence-corrected chi connectivity index (χ4v) is 2.75. The van der Waals surface area contributed by atoms with Crippen molar-refractivity contribution in [1.29, 1.82) is 0 Å². The zero-order chi connectivity index (χ0) is 16.4. The number of hydrogen-bond donors (Lipinski definition) is 1. The van der Waals surface area contributed by atoms with Gasteiger partial charge in [-0.3, -0.25) is 9.59 Å². The number of aromatic nitrogens is 1. The zero-order valence-corrected chi connectivity index (χ0v) is 13.0. The predicted octanol–water partition coefficient (Wildman–Crippen LogP) is 2.41. The van der Waals surface area contributed by atoms with Gasteiger partial charge in [0.2, 0.25) is 0 Å². The van der Waals surface area contributed by atoms with Crippen LogP contribution in [-0.4, -0.2) is 52.8 Å². The molecule has 1 aliphatic heterocycles. The van der Waals surface area contributed by atoms with E-state index in [1.807, 2.05) is 0 Å². The molecule has 23 heavy (non-hydrogen) atoms. The molecule has 1 aromatic carbocycles. The lowest BCUT2D eigenvalue weighted by molar-refractivity contribution is 0.0530. The number of piperazine rings is 1. The number of hydrogen-bond acceptors (Lipinski definition) is 2. The molecule has 0 unspecified atom stereocenters. The first-order chi connectivity index (χ1) is 11.1. The van der Waals surface area contributed by atoms with Gasteiger partial charge in [-0.15, -0.1) is 0 Å². The van der Waals surface area contributed by atoms with Crippen LogP contribution in [0.25, 0.3) is 0 Å². The Bertz CT molecular complexity index is 725. The number of rotatable bonds is 2. The van der Waals surface area contributed by atoms with Gasteiger partial charge in [-0.2, -0.15) is 0 Å². The number of carbonyl (C=O) groups excluding carboxylic acids is 2. The second-order valence-electron chi connectivity index (χ2n) is 5.29. The number of aromatic amines is 1. The zero-order valence-electron chi connectivity index (χ0n) is 12.3. The first-order valence-electron chi connectivity index (χ1n) is 7.23. The number of amides is 2. The molecule has 5 nitrogen and oxygen atoms in total. The molecular formula is C16H15ClFN3O2. The molecular weight excluding hydrogens is 321 g/mol. The summed E-state index contributed by atoms with van der Waals surface area (Å²) in [6.45, 7) is 1.53. The van der Waals surface area contributed by atoms with Gasteiger partial charge in [0.05, 0.1) is 5.56 Å². The van der Waals surface area contributed by atoms with Gasteiger partial charge in [-0.25, -0.2) is 4.39 Å². The van der Waals surface area contributed by atoms with Crippen LogP contribution in [0, 0.1) is 5.82 Å². The lowest BCUT2D eigenvalue weighted by atomic mass is 10.1. The van der Waals surface area contributed by atoms with Crippen molar-refractivity contribution in [2.75, 3.05) is 26.2 Å². The molecule has 1 aliphatic rings. The Labute approximate surface area is 137 Å². The molecule has 0 bridgehead atoms. The molecule has 2 aromatic rings. The fraction of sp³-hybridized carbons (Fsp3) is 0.250. The summed E-state index contributed by atoms with van der Waals surface area (Å²) in [5.74, 6) is -1.10. The molecule has 1 fully saturated rings. The summed E-state index contributed by atoms with van der Waals surface area (Å²) in [7, 11) is 0. The van der Waals surface area contributed by atoms with Crippen LogP contribution in [0.5, 0.6) is 0 Å². The van der Waals surface area contributed by atoms with Crippen molar-refractivity contribution in [1.82, 2.24) is 14.8 Å². The summed E-state index contributed by atoms with van der Waals surface area (Å²) < 4.78 is 13.8. The Kier molecular flexibility index (Phi) is 4.34. The van der Waals surface area contributed by atoms with Gasteiger partial charge in [0.1, 0.15) is 11.5 Å². The number of nitrogens with zero attached hydrogens (tertiary/aromatic N) is 2. The van der Waals surface area contributed by atoms with Gasteiger partial charge in [0, 0.05) is 37.4 Å². The van der Waals surface area contributed by atoms with Gasteiger partial charge >= 0.3 is 0 Å². The second-order valence-corrected chi connectivity index (χ2v) is 5.73. The molecule has 1 saturated heterocycles. The number of carbonyl (C=O) groups is 2. The maximum absolute atomic E-state index is 13.8. The van der Waals surface area contributed by atoms with E-state index in [2.05, 4.69) is 4.98 Å². The van der Waals surface area contributed by atoms with E-state index < -0.39 is 11.7 Å². The van der Waals surface area contributed by atoms with E-state index in [0.717, 1.165) is 0 Å². The van der Waals surface area contributed by atoms with Crippen molar-refractivity contribution in [2.45, 2.75) is 0 Å². The van der Waals surface area contributed by atoms with Crippen LogP contribution in [-0.2, 0) is 0 Å². The highest BCUT2D eigenvalue weighted by Crippen LogP contribution is 2.18. The van der Waals surface area contributed by atoms with Crippen LogP contribution >= 0.6 is 11.6 Å². The van der Waals surface area contributed by atoms with Crippen molar-refractivity contribution in [3.8, 4) is 0 Å². The molecule has 0 atom stereocenters. The maximum atomic E-state index is 13.8. The Morgan fingerprint density at radius 3 is 2.30 bits per heavy atom. The van der Waals surface area contributed by atoms with Crippen LogP contribution in [0.2, 0.25) is 5.02 Å². The summed E-state index contributed by atoms with van der Waals surface area (Å²) in [5, 5.41) is 0.315. The summed E-state index contributed by atoms with van der Waals surface area (Å²) >= 11 is 5.83. The van der Waals surface area contributed by atoms with E-state index in [0.29, 0.717) is 36.9 Å². The van der Waals surface area contributed by atoms with Gasteiger partial charge in [-0.1, -0.05) is 11.6 Å². The van der Waals surface area contributed by atoms with Crippen LogP contribution in [0.3, 0.4) is 0 Å². The smallest absolute Gasteiger partial charge is 0.270 e. The number of halogens is 2. The lowest BCUT2D eigenvalue weighted by Crippen LogP contribution is -2.50. The van der Waals surface area contributed by atoms with Crippen LogP contribution in [0.1, 0.15) is 20.8 Å². The first kappa shape index (κ1) is 15.6. The molecule has 2 amide bonds. The third-order valence-corrected chi connectivity index (χ3v) is 4.08. The van der Waals surface area contributed by atoms with E-state index in [-0.39, 0.29) is 11.5 Å². The summed E-state index contributed by atoms with van der Waals surface area (Å²) in [6, 6.07) is 7.38. The molecule has 1 N–H and O–H groups in total. The minimum absolute atomic E-state index is 0.0401. The van der Waals surface area contributed by atoms with Crippen LogP contribution < -0.4 is 0 Å². The van der Waals surface area contributed by atoms with Crippen LogP contribution in [0.4, 0.5) is 4.39 Å². The quantitative estimate of drug-likeness (QED) is 0.916. The predicted molar refractivity (Wildman–Crippen MR) is 84.0 cm³/mol. The van der Waals surface area contributed by atoms with Gasteiger partial charge in [0.25, 0.3) is 11.8 Å². The SMILES string of the molecule is O=C(c1ccc[nH]1)N1CCN(C(=O)c2cc(Cl)ccc2F)CC1. The van der Waals surface area contributed by atoms with Crippen molar-refractivity contribution < 1.29 is 14.0 Å². The van der Waals surface area contributed by atoms with Gasteiger partial charge < -0.3 is 14.8 Å². The van der Waals surface area contributed by atoms with E-state index in [9.17, 15) is 14.0 Å². The summed E-state index contributed by atoms with van der Waals surface area (Å²) in [5.41, 5.74) is 0.479. The highest BCUT2D eigenvalue weighted by Gasteiger charge is 2.27. The largest absolute Gasteiger partial charge is 0.357 e. The first-order valence-corrected chi connectivity index (χ1v) is 7.61. The third-order valence-electron chi connectivity index (χ3n) is 3.84. The standard InChI is InChI=1S/C16H15ClFN3O2/c17-11-3-4-13(18)12(10-11)15(22)20-6-8-21(9-7-20)16(23)14-2-1-5-19-14/h1-5,10,19H,6-9H2. The molecule has 0 spiro atoms. The van der Waals surface area contributed by atoms with Crippen molar-refractivity contribution in [2.24, 2.45) is 0 Å². The maximum Gasteiger partial charge on any atom is 0.270 e.